The van der Waals surface area contributed by atoms with Crippen molar-refractivity contribution in [3.63, 3.8) is 0 Å². The molecule has 0 unspecified atom stereocenters. The molecule has 2 aliphatic rings. The molecule has 0 aromatic heterocycles. The van der Waals surface area contributed by atoms with Crippen LogP contribution < -0.4 is 10.7 Å². The number of amides is 2. The van der Waals surface area contributed by atoms with Gasteiger partial charge in [-0.3, -0.25) is 9.59 Å². The molecular weight excluding hydrogens is 194 g/mol. The fraction of sp³-hybridized carbons (Fsp3) is 0.700. The number of hydrogen-bond donors (Lipinski definition) is 2. The Bertz CT molecular complexity index is 308. The van der Waals surface area contributed by atoms with Crippen molar-refractivity contribution in [2.24, 2.45) is 11.0 Å². The fourth-order valence-corrected chi connectivity index (χ4v) is 1.67. The summed E-state index contributed by atoms with van der Waals surface area (Å²) < 4.78 is 0. The Labute approximate surface area is 88.3 Å². The molecule has 0 aromatic rings. The molecule has 2 N–H and O–H groups in total. The van der Waals surface area contributed by atoms with Gasteiger partial charge in [-0.25, -0.2) is 5.43 Å². The molecule has 1 heterocycles. The van der Waals surface area contributed by atoms with E-state index in [0.717, 1.165) is 6.54 Å². The van der Waals surface area contributed by atoms with Crippen molar-refractivity contribution in [2.75, 3.05) is 6.54 Å². The summed E-state index contributed by atoms with van der Waals surface area (Å²) in [5, 5.41) is 6.59. The van der Waals surface area contributed by atoms with E-state index in [1.807, 2.05) is 0 Å². The maximum absolute atomic E-state index is 11.6. The van der Waals surface area contributed by atoms with Crippen LogP contribution in [0.15, 0.2) is 5.10 Å². The van der Waals surface area contributed by atoms with Crippen LogP contribution in [0.5, 0.6) is 0 Å². The number of nitrogens with one attached hydrogen (secondary N) is 2. The molecule has 1 aliphatic carbocycles. The average Bonchev–Trinajstić information content (AvgIpc) is 2.16. The van der Waals surface area contributed by atoms with Crippen molar-refractivity contribution in [1.82, 2.24) is 10.7 Å². The second-order valence-electron chi connectivity index (χ2n) is 4.10. The molecule has 1 saturated carbocycles. The summed E-state index contributed by atoms with van der Waals surface area (Å²) in [5.41, 5.74) is 2.76. The van der Waals surface area contributed by atoms with E-state index >= 15 is 0 Å². The van der Waals surface area contributed by atoms with Gasteiger partial charge in [-0.2, -0.15) is 5.10 Å². The zero-order valence-electron chi connectivity index (χ0n) is 8.58. The number of hydrogen-bond acceptors (Lipinski definition) is 3. The van der Waals surface area contributed by atoms with E-state index in [1.54, 1.807) is 0 Å². The maximum Gasteiger partial charge on any atom is 0.267 e. The third kappa shape index (κ3) is 2.55. The molecule has 5 heteroatoms. The highest BCUT2D eigenvalue weighted by Gasteiger charge is 2.21. The number of hydrazone groups is 1. The van der Waals surface area contributed by atoms with Crippen LogP contribution in [0.4, 0.5) is 0 Å². The van der Waals surface area contributed by atoms with Gasteiger partial charge in [0.05, 0.1) is 0 Å². The monoisotopic (exact) mass is 209 g/mol. The van der Waals surface area contributed by atoms with Crippen LogP contribution in [-0.4, -0.2) is 24.1 Å². The van der Waals surface area contributed by atoms with Gasteiger partial charge in [-0.15, -0.1) is 0 Å². The van der Waals surface area contributed by atoms with Gasteiger partial charge < -0.3 is 5.32 Å². The average molecular weight is 209 g/mol. The van der Waals surface area contributed by atoms with Crippen LogP contribution in [0, 0.1) is 5.92 Å². The Balaban J connectivity index is 1.77. The molecule has 1 aliphatic heterocycles. The Hall–Kier alpha value is -1.39. The van der Waals surface area contributed by atoms with Gasteiger partial charge in [0.15, 0.2) is 0 Å². The van der Waals surface area contributed by atoms with Crippen LogP contribution in [0.25, 0.3) is 0 Å². The van der Waals surface area contributed by atoms with E-state index in [9.17, 15) is 9.59 Å². The Morgan fingerprint density at radius 1 is 1.47 bits per heavy atom. The molecule has 0 spiro atoms. The maximum atomic E-state index is 11.6. The number of rotatable bonds is 3. The van der Waals surface area contributed by atoms with E-state index < -0.39 is 0 Å². The first-order valence-corrected chi connectivity index (χ1v) is 5.39. The first-order valence-electron chi connectivity index (χ1n) is 5.39. The number of carbonyl (C=O) groups is 2. The van der Waals surface area contributed by atoms with Crippen molar-refractivity contribution >= 4 is 17.5 Å². The van der Waals surface area contributed by atoms with Gasteiger partial charge in [0.25, 0.3) is 5.91 Å². The molecule has 2 amide bonds. The van der Waals surface area contributed by atoms with E-state index in [1.165, 1.54) is 19.3 Å². The van der Waals surface area contributed by atoms with Crippen molar-refractivity contribution in [3.8, 4) is 0 Å². The van der Waals surface area contributed by atoms with Crippen LogP contribution in [0.1, 0.15) is 32.1 Å². The minimum atomic E-state index is -0.137. The normalized spacial score (nSPS) is 21.3. The lowest BCUT2D eigenvalue weighted by Gasteiger charge is -2.25. The van der Waals surface area contributed by atoms with Crippen molar-refractivity contribution in [2.45, 2.75) is 32.1 Å². The Kier molecular flexibility index (Phi) is 2.99. The van der Waals surface area contributed by atoms with Gasteiger partial charge in [-0.1, -0.05) is 6.42 Å². The molecule has 0 saturated heterocycles. The second-order valence-corrected chi connectivity index (χ2v) is 4.10. The zero-order chi connectivity index (χ0) is 10.7. The third-order valence-electron chi connectivity index (χ3n) is 2.94. The van der Waals surface area contributed by atoms with E-state index in [2.05, 4.69) is 15.8 Å². The van der Waals surface area contributed by atoms with Crippen molar-refractivity contribution in [3.05, 3.63) is 0 Å². The molecule has 2 rings (SSSR count). The van der Waals surface area contributed by atoms with E-state index in [0.29, 0.717) is 24.5 Å². The molecule has 0 bridgehead atoms. The SMILES string of the molecule is O=C1CCC(C(=O)NCC2CCC2)=NN1. The second kappa shape index (κ2) is 4.42. The highest BCUT2D eigenvalue weighted by atomic mass is 16.2. The van der Waals surface area contributed by atoms with E-state index in [-0.39, 0.29) is 11.8 Å². The molecule has 82 valence electrons. The fourth-order valence-electron chi connectivity index (χ4n) is 1.67. The molecule has 0 aromatic carbocycles. The van der Waals surface area contributed by atoms with Crippen LogP contribution in [-0.2, 0) is 9.59 Å². The van der Waals surface area contributed by atoms with Gasteiger partial charge in [-0.05, 0) is 18.8 Å². The highest BCUT2D eigenvalue weighted by Crippen LogP contribution is 2.25. The molecular formula is C10H15N3O2. The van der Waals surface area contributed by atoms with Crippen LogP contribution in [0.2, 0.25) is 0 Å². The lowest BCUT2D eigenvalue weighted by atomic mass is 9.85. The van der Waals surface area contributed by atoms with Gasteiger partial charge in [0.1, 0.15) is 5.71 Å². The van der Waals surface area contributed by atoms with Crippen LogP contribution >= 0.6 is 0 Å². The van der Waals surface area contributed by atoms with Crippen LogP contribution in [0.3, 0.4) is 0 Å². The summed E-state index contributed by atoms with van der Waals surface area (Å²) in [7, 11) is 0. The largest absolute Gasteiger partial charge is 0.351 e. The zero-order valence-corrected chi connectivity index (χ0v) is 8.58. The molecule has 5 nitrogen and oxygen atoms in total. The van der Waals surface area contributed by atoms with Gasteiger partial charge in [0, 0.05) is 19.4 Å². The smallest absolute Gasteiger partial charge is 0.267 e. The predicted octanol–water partition coefficient (Wildman–Crippen LogP) is 0.169. The Morgan fingerprint density at radius 2 is 2.27 bits per heavy atom. The first-order chi connectivity index (χ1) is 7.25. The predicted molar refractivity (Wildman–Crippen MR) is 55.2 cm³/mol. The summed E-state index contributed by atoms with van der Waals surface area (Å²) >= 11 is 0. The van der Waals surface area contributed by atoms with E-state index in [4.69, 9.17) is 0 Å². The highest BCUT2D eigenvalue weighted by molar-refractivity contribution is 6.39. The molecule has 1 fully saturated rings. The molecule has 0 atom stereocenters. The van der Waals surface area contributed by atoms with Crippen molar-refractivity contribution in [1.29, 1.82) is 0 Å². The first kappa shape index (κ1) is 10.1. The standard InChI is InChI=1S/C10H15N3O2/c14-9-5-4-8(12-13-9)10(15)11-6-7-2-1-3-7/h7H,1-6H2,(H,11,15)(H,13,14). The minimum Gasteiger partial charge on any atom is -0.351 e. The lowest BCUT2D eigenvalue weighted by molar-refractivity contribution is -0.121. The quantitative estimate of drug-likeness (QED) is 0.695. The summed E-state index contributed by atoms with van der Waals surface area (Å²) in [5.74, 6) is 0.389. The molecule has 15 heavy (non-hydrogen) atoms. The summed E-state index contributed by atoms with van der Waals surface area (Å²) in [4.78, 5) is 22.4. The number of carbonyl (C=O) groups excluding carboxylic acids is 2. The summed E-state index contributed by atoms with van der Waals surface area (Å²) in [6.45, 7) is 0.742. The number of nitrogens with zero attached hydrogens (tertiary/aromatic N) is 1. The summed E-state index contributed by atoms with van der Waals surface area (Å²) in [6.07, 6.45) is 4.50. The topological polar surface area (TPSA) is 70.6 Å². The minimum absolute atomic E-state index is 0.120. The Morgan fingerprint density at radius 3 is 2.80 bits per heavy atom. The van der Waals surface area contributed by atoms with Gasteiger partial charge >= 0.3 is 0 Å². The molecule has 0 radical (unpaired) electrons. The van der Waals surface area contributed by atoms with Gasteiger partial charge in [0.2, 0.25) is 5.91 Å². The van der Waals surface area contributed by atoms with Crippen molar-refractivity contribution < 1.29 is 9.59 Å². The lowest BCUT2D eigenvalue weighted by Crippen LogP contribution is -2.39. The third-order valence-corrected chi connectivity index (χ3v) is 2.94. The summed E-state index contributed by atoms with van der Waals surface area (Å²) in [6, 6.07) is 0.